The largest absolute Gasteiger partial charge is 0.398 e. The minimum absolute atomic E-state index is 0.317. The molecule has 2 aromatic carbocycles. The van der Waals surface area contributed by atoms with Gasteiger partial charge in [-0.25, -0.2) is 5.43 Å². The van der Waals surface area contributed by atoms with Gasteiger partial charge in [0.25, 0.3) is 5.91 Å². The van der Waals surface area contributed by atoms with Gasteiger partial charge in [-0.2, -0.15) is 5.10 Å². The van der Waals surface area contributed by atoms with Crippen LogP contribution in [-0.2, 0) is 0 Å². The Labute approximate surface area is 112 Å². The highest BCUT2D eigenvalue weighted by molar-refractivity contribution is 5.99. The van der Waals surface area contributed by atoms with Crippen molar-refractivity contribution >= 4 is 17.8 Å². The molecule has 0 radical (unpaired) electrons. The highest BCUT2D eigenvalue weighted by atomic mass is 16.2. The molecule has 4 nitrogen and oxygen atoms in total. The first-order valence-corrected chi connectivity index (χ1v) is 5.92. The molecule has 0 aliphatic heterocycles. The second-order valence-corrected chi connectivity index (χ2v) is 4.14. The average molecular weight is 253 g/mol. The maximum Gasteiger partial charge on any atom is 0.273 e. The van der Waals surface area contributed by atoms with Crippen LogP contribution in [0.2, 0.25) is 0 Å². The third kappa shape index (κ3) is 3.19. The van der Waals surface area contributed by atoms with Crippen LogP contribution in [0.1, 0.15) is 21.5 Å². The molecule has 0 heterocycles. The molecule has 19 heavy (non-hydrogen) atoms. The van der Waals surface area contributed by atoms with Crippen LogP contribution in [0.3, 0.4) is 0 Å². The summed E-state index contributed by atoms with van der Waals surface area (Å²) in [5.74, 6) is -0.317. The standard InChI is InChI=1S/C15H15N3O/c1-11-6-2-3-7-12(11)10-17-18-15(19)13-8-4-5-9-14(13)16/h2-10H,16H2,1H3,(H,18,19)/b17-10-. The van der Waals surface area contributed by atoms with Crippen LogP contribution < -0.4 is 11.2 Å². The SMILES string of the molecule is Cc1ccccc1/C=N\NC(=O)c1ccccc1N. The van der Waals surface area contributed by atoms with Gasteiger partial charge in [0.05, 0.1) is 11.8 Å². The Bertz CT molecular complexity index is 620. The van der Waals surface area contributed by atoms with Crippen molar-refractivity contribution in [1.82, 2.24) is 5.43 Å². The Balaban J connectivity index is 2.06. The predicted octanol–water partition coefficient (Wildman–Crippen LogP) is 2.34. The van der Waals surface area contributed by atoms with E-state index in [0.717, 1.165) is 11.1 Å². The van der Waals surface area contributed by atoms with E-state index in [1.54, 1.807) is 30.5 Å². The normalized spacial score (nSPS) is 10.6. The number of para-hydroxylation sites is 1. The number of carbonyl (C=O) groups is 1. The summed E-state index contributed by atoms with van der Waals surface area (Å²) in [5, 5.41) is 3.94. The van der Waals surface area contributed by atoms with Crippen molar-refractivity contribution in [2.45, 2.75) is 6.92 Å². The summed E-state index contributed by atoms with van der Waals surface area (Å²) >= 11 is 0. The van der Waals surface area contributed by atoms with Gasteiger partial charge < -0.3 is 5.73 Å². The lowest BCUT2D eigenvalue weighted by Gasteiger charge is -2.03. The smallest absolute Gasteiger partial charge is 0.273 e. The summed E-state index contributed by atoms with van der Waals surface area (Å²) in [7, 11) is 0. The lowest BCUT2D eigenvalue weighted by Crippen LogP contribution is -2.19. The molecule has 0 unspecified atom stereocenters. The molecule has 0 spiro atoms. The lowest BCUT2D eigenvalue weighted by atomic mass is 10.1. The van der Waals surface area contributed by atoms with E-state index >= 15 is 0 Å². The molecule has 0 saturated carbocycles. The molecule has 96 valence electrons. The minimum atomic E-state index is -0.317. The highest BCUT2D eigenvalue weighted by Gasteiger charge is 2.06. The summed E-state index contributed by atoms with van der Waals surface area (Å²) < 4.78 is 0. The fourth-order valence-corrected chi connectivity index (χ4v) is 1.66. The number of nitrogens with zero attached hydrogens (tertiary/aromatic N) is 1. The monoisotopic (exact) mass is 253 g/mol. The Kier molecular flexibility index (Phi) is 3.93. The summed E-state index contributed by atoms with van der Waals surface area (Å²) in [6.07, 6.45) is 1.62. The van der Waals surface area contributed by atoms with E-state index in [-0.39, 0.29) is 5.91 Å². The van der Waals surface area contributed by atoms with Gasteiger partial charge >= 0.3 is 0 Å². The molecular weight excluding hydrogens is 238 g/mol. The molecular formula is C15H15N3O. The van der Waals surface area contributed by atoms with E-state index in [9.17, 15) is 4.79 Å². The number of hydrogen-bond acceptors (Lipinski definition) is 3. The zero-order chi connectivity index (χ0) is 13.7. The van der Waals surface area contributed by atoms with Gasteiger partial charge in [0, 0.05) is 5.69 Å². The number of nitrogens with one attached hydrogen (secondary N) is 1. The summed E-state index contributed by atoms with van der Waals surface area (Å²) in [6, 6.07) is 14.7. The van der Waals surface area contributed by atoms with Gasteiger partial charge in [-0.1, -0.05) is 36.4 Å². The molecule has 0 aliphatic rings. The third-order valence-electron chi connectivity index (χ3n) is 2.76. The maximum atomic E-state index is 11.8. The van der Waals surface area contributed by atoms with E-state index in [1.165, 1.54) is 0 Å². The van der Waals surface area contributed by atoms with Crippen molar-refractivity contribution in [3.05, 3.63) is 65.2 Å². The first kappa shape index (κ1) is 12.8. The number of anilines is 1. The topological polar surface area (TPSA) is 67.5 Å². The molecule has 0 aromatic heterocycles. The Morgan fingerprint density at radius 2 is 1.84 bits per heavy atom. The zero-order valence-electron chi connectivity index (χ0n) is 10.6. The maximum absolute atomic E-state index is 11.8. The number of aryl methyl sites for hydroxylation is 1. The van der Waals surface area contributed by atoms with Crippen molar-refractivity contribution in [1.29, 1.82) is 0 Å². The molecule has 0 fully saturated rings. The quantitative estimate of drug-likeness (QED) is 0.501. The van der Waals surface area contributed by atoms with Crippen LogP contribution in [0.4, 0.5) is 5.69 Å². The third-order valence-corrected chi connectivity index (χ3v) is 2.76. The molecule has 1 amide bonds. The number of hydrogen-bond donors (Lipinski definition) is 2. The minimum Gasteiger partial charge on any atom is -0.398 e. The van der Waals surface area contributed by atoms with E-state index < -0.39 is 0 Å². The Morgan fingerprint density at radius 1 is 1.16 bits per heavy atom. The molecule has 0 bridgehead atoms. The lowest BCUT2D eigenvalue weighted by molar-refractivity contribution is 0.0956. The number of carbonyl (C=O) groups excluding carboxylic acids is 1. The van der Waals surface area contributed by atoms with Gasteiger partial charge in [-0.15, -0.1) is 0 Å². The summed E-state index contributed by atoms with van der Waals surface area (Å²) in [6.45, 7) is 1.98. The molecule has 2 aromatic rings. The molecule has 2 rings (SSSR count). The second kappa shape index (κ2) is 5.82. The van der Waals surface area contributed by atoms with E-state index in [1.807, 2.05) is 31.2 Å². The van der Waals surface area contributed by atoms with Gasteiger partial charge in [0.1, 0.15) is 0 Å². The fraction of sp³-hybridized carbons (Fsp3) is 0.0667. The molecule has 0 atom stereocenters. The zero-order valence-corrected chi connectivity index (χ0v) is 10.6. The van der Waals surface area contributed by atoms with E-state index in [2.05, 4.69) is 10.5 Å². The van der Waals surface area contributed by atoms with Crippen molar-refractivity contribution < 1.29 is 4.79 Å². The van der Waals surface area contributed by atoms with Crippen molar-refractivity contribution in [3.63, 3.8) is 0 Å². The number of benzene rings is 2. The van der Waals surface area contributed by atoms with Crippen LogP contribution in [0, 0.1) is 6.92 Å². The van der Waals surface area contributed by atoms with Crippen LogP contribution >= 0.6 is 0 Å². The number of hydrazone groups is 1. The molecule has 0 saturated heterocycles. The number of nitrogens with two attached hydrogens (primary N) is 1. The van der Waals surface area contributed by atoms with Crippen LogP contribution in [-0.4, -0.2) is 12.1 Å². The van der Waals surface area contributed by atoms with Crippen LogP contribution in [0.5, 0.6) is 0 Å². The van der Waals surface area contributed by atoms with E-state index in [4.69, 9.17) is 5.73 Å². The predicted molar refractivity (Wildman–Crippen MR) is 77.1 cm³/mol. The Morgan fingerprint density at radius 3 is 2.58 bits per heavy atom. The Hall–Kier alpha value is -2.62. The van der Waals surface area contributed by atoms with Crippen LogP contribution in [0.15, 0.2) is 53.6 Å². The summed E-state index contributed by atoms with van der Waals surface area (Å²) in [4.78, 5) is 11.8. The fourth-order valence-electron chi connectivity index (χ4n) is 1.66. The van der Waals surface area contributed by atoms with Gasteiger partial charge in [0.15, 0.2) is 0 Å². The number of nitrogen functional groups attached to an aromatic ring is 1. The van der Waals surface area contributed by atoms with Crippen molar-refractivity contribution in [2.75, 3.05) is 5.73 Å². The van der Waals surface area contributed by atoms with Crippen LogP contribution in [0.25, 0.3) is 0 Å². The second-order valence-electron chi connectivity index (χ2n) is 4.14. The van der Waals surface area contributed by atoms with Crippen molar-refractivity contribution in [3.8, 4) is 0 Å². The first-order chi connectivity index (χ1) is 9.18. The number of amides is 1. The van der Waals surface area contributed by atoms with Gasteiger partial charge in [0.2, 0.25) is 0 Å². The summed E-state index contributed by atoms with van der Waals surface area (Å²) in [5.41, 5.74) is 11.1. The van der Waals surface area contributed by atoms with E-state index in [0.29, 0.717) is 11.3 Å². The van der Waals surface area contributed by atoms with Crippen molar-refractivity contribution in [2.24, 2.45) is 5.10 Å². The average Bonchev–Trinajstić information content (AvgIpc) is 2.41. The molecule has 4 heteroatoms. The molecule has 0 aliphatic carbocycles. The van der Waals surface area contributed by atoms with Gasteiger partial charge in [-0.05, 0) is 30.2 Å². The first-order valence-electron chi connectivity index (χ1n) is 5.92. The molecule has 3 N–H and O–H groups in total. The van der Waals surface area contributed by atoms with Gasteiger partial charge in [-0.3, -0.25) is 4.79 Å². The highest BCUT2D eigenvalue weighted by Crippen LogP contribution is 2.09. The number of rotatable bonds is 3.